The highest BCUT2D eigenvalue weighted by Gasteiger charge is 2.39. The van der Waals surface area contributed by atoms with Gasteiger partial charge < -0.3 is 24.7 Å². The number of nitrogens with two attached hydrogens (primary N) is 1. The van der Waals surface area contributed by atoms with Gasteiger partial charge >= 0.3 is 0 Å². The van der Waals surface area contributed by atoms with Crippen LogP contribution in [0.1, 0.15) is 48.7 Å². The van der Waals surface area contributed by atoms with E-state index in [9.17, 15) is 5.11 Å². The van der Waals surface area contributed by atoms with Crippen LogP contribution < -0.4 is 10.5 Å². The van der Waals surface area contributed by atoms with Crippen LogP contribution in [0.25, 0.3) is 0 Å². The summed E-state index contributed by atoms with van der Waals surface area (Å²) < 4.78 is 12.8. The van der Waals surface area contributed by atoms with Crippen LogP contribution in [0.3, 0.4) is 0 Å². The normalized spacial score (nSPS) is 15.5. The fraction of sp³-hybridized carbons (Fsp3) is 0.333. The third-order valence-electron chi connectivity index (χ3n) is 4.62. The Hall–Kier alpha value is -3.08. The third kappa shape index (κ3) is 4.42. The van der Waals surface area contributed by atoms with Gasteiger partial charge in [0.15, 0.2) is 0 Å². The van der Waals surface area contributed by atoms with E-state index in [0.717, 1.165) is 24.2 Å². The van der Waals surface area contributed by atoms with Gasteiger partial charge in [-0.05, 0) is 50.0 Å². The highest BCUT2D eigenvalue weighted by molar-refractivity contribution is 5.41. The Bertz CT molecular complexity index is 1000. The largest absolute Gasteiger partial charge is 0.492 e. The van der Waals surface area contributed by atoms with E-state index in [0.29, 0.717) is 30.4 Å². The Balaban J connectivity index is 1.37. The van der Waals surface area contributed by atoms with Gasteiger partial charge in [0.1, 0.15) is 30.0 Å². The average Bonchev–Trinajstić information content (AvgIpc) is 3.08. The van der Waals surface area contributed by atoms with Gasteiger partial charge in [0, 0.05) is 24.0 Å². The van der Waals surface area contributed by atoms with Crippen LogP contribution in [0.5, 0.6) is 5.75 Å². The summed E-state index contributed by atoms with van der Waals surface area (Å²) in [7, 11) is 0. The number of aliphatic hydroxyl groups excluding tert-OH is 1. The molecule has 1 aromatic carbocycles. The molecule has 4 rings (SSSR count). The molecule has 144 valence electrons. The Labute approximate surface area is 163 Å². The first-order valence-corrected chi connectivity index (χ1v) is 9.19. The summed E-state index contributed by atoms with van der Waals surface area (Å²) in [5, 5.41) is 13.7. The van der Waals surface area contributed by atoms with Gasteiger partial charge in [-0.3, -0.25) is 0 Å². The maximum Gasteiger partial charge on any atom is 0.210 e. The summed E-state index contributed by atoms with van der Waals surface area (Å²) in [6.07, 6.45) is 4.84. The van der Waals surface area contributed by atoms with Gasteiger partial charge in [0.2, 0.25) is 5.76 Å². The van der Waals surface area contributed by atoms with Crippen LogP contribution in [0.4, 0.5) is 0 Å². The molecule has 3 N–H and O–H groups in total. The van der Waals surface area contributed by atoms with E-state index in [2.05, 4.69) is 22.0 Å². The minimum Gasteiger partial charge on any atom is -0.492 e. The van der Waals surface area contributed by atoms with E-state index in [1.807, 2.05) is 28.8 Å². The summed E-state index contributed by atoms with van der Waals surface area (Å²) in [6.45, 7) is 2.68. The van der Waals surface area contributed by atoms with Crippen LogP contribution in [0.2, 0.25) is 0 Å². The van der Waals surface area contributed by atoms with Gasteiger partial charge in [-0.15, -0.1) is 0 Å². The molecule has 0 unspecified atom stereocenters. The summed E-state index contributed by atoms with van der Waals surface area (Å²) in [4.78, 5) is 4.14. The standard InChI is InChI=1S/C21H22N4O3/c1-15(26)20-23-10-11-25(20)13-17-12-19(28-24-17)7-4-16-2-5-18(6-3-16)27-14-21(22)8-9-21/h2-3,5-6,10-12,15,26H,8-9,13-14,22H2,1H3/t15-/m0/s1. The second-order valence-corrected chi connectivity index (χ2v) is 7.20. The molecule has 1 aliphatic carbocycles. The first kappa shape index (κ1) is 18.3. The summed E-state index contributed by atoms with van der Waals surface area (Å²) in [6, 6.07) is 9.36. The van der Waals surface area contributed by atoms with Gasteiger partial charge in [-0.2, -0.15) is 0 Å². The van der Waals surface area contributed by atoms with Crippen molar-refractivity contribution in [3.8, 4) is 17.6 Å². The van der Waals surface area contributed by atoms with Crippen LogP contribution in [-0.2, 0) is 6.54 Å². The van der Waals surface area contributed by atoms with Crippen LogP contribution >= 0.6 is 0 Å². The Kier molecular flexibility index (Phi) is 4.90. The highest BCUT2D eigenvalue weighted by atomic mass is 16.5. The van der Waals surface area contributed by atoms with E-state index in [4.69, 9.17) is 15.0 Å². The number of nitrogens with zero attached hydrogens (tertiary/aromatic N) is 3. The molecule has 1 atom stereocenters. The van der Waals surface area contributed by atoms with Crippen molar-refractivity contribution < 1.29 is 14.4 Å². The monoisotopic (exact) mass is 378 g/mol. The Morgan fingerprint density at radius 1 is 1.32 bits per heavy atom. The molecule has 2 heterocycles. The minimum atomic E-state index is -0.646. The zero-order valence-corrected chi connectivity index (χ0v) is 15.6. The molecule has 0 bridgehead atoms. The van der Waals surface area contributed by atoms with E-state index < -0.39 is 6.10 Å². The average molecular weight is 378 g/mol. The summed E-state index contributed by atoms with van der Waals surface area (Å²) in [5.41, 5.74) is 7.46. The lowest BCUT2D eigenvalue weighted by molar-refractivity contribution is 0.184. The summed E-state index contributed by atoms with van der Waals surface area (Å²) in [5.74, 6) is 7.87. The molecule has 7 nitrogen and oxygen atoms in total. The third-order valence-corrected chi connectivity index (χ3v) is 4.62. The molecule has 2 aromatic heterocycles. The maximum absolute atomic E-state index is 9.72. The molecular formula is C21H22N4O3. The molecular weight excluding hydrogens is 356 g/mol. The Morgan fingerprint density at radius 3 is 2.82 bits per heavy atom. The number of rotatable bonds is 6. The highest BCUT2D eigenvalue weighted by Crippen LogP contribution is 2.32. The summed E-state index contributed by atoms with van der Waals surface area (Å²) >= 11 is 0. The number of aromatic nitrogens is 3. The van der Waals surface area contributed by atoms with E-state index >= 15 is 0 Å². The number of hydrogen-bond acceptors (Lipinski definition) is 6. The predicted octanol–water partition coefficient (Wildman–Crippen LogP) is 2.24. The van der Waals surface area contributed by atoms with Crippen molar-refractivity contribution in [3.63, 3.8) is 0 Å². The quantitative estimate of drug-likeness (QED) is 0.638. The van der Waals surface area contributed by atoms with E-state index in [1.165, 1.54) is 0 Å². The Morgan fingerprint density at radius 2 is 2.11 bits per heavy atom. The van der Waals surface area contributed by atoms with Crippen molar-refractivity contribution in [3.05, 3.63) is 65.6 Å². The van der Waals surface area contributed by atoms with Crippen LogP contribution in [0.15, 0.2) is 47.2 Å². The number of imidazole rings is 1. The number of hydrogen-bond donors (Lipinski definition) is 2. The van der Waals surface area contributed by atoms with E-state index in [1.54, 1.807) is 25.4 Å². The zero-order valence-electron chi connectivity index (χ0n) is 15.6. The SMILES string of the molecule is C[C@H](O)c1nccn1Cc1cc(C#Cc2ccc(OCC3(N)CC3)cc2)on1. The van der Waals surface area contributed by atoms with Crippen LogP contribution in [0, 0.1) is 11.8 Å². The van der Waals surface area contributed by atoms with Gasteiger partial charge in [-0.25, -0.2) is 4.98 Å². The van der Waals surface area contributed by atoms with Crippen molar-refractivity contribution in [2.24, 2.45) is 5.73 Å². The van der Waals surface area contributed by atoms with Gasteiger partial charge in [0.25, 0.3) is 0 Å². The molecule has 1 saturated carbocycles. The van der Waals surface area contributed by atoms with Crippen LogP contribution in [-0.4, -0.2) is 32.0 Å². The molecule has 1 fully saturated rings. The molecule has 28 heavy (non-hydrogen) atoms. The molecule has 0 amide bonds. The molecule has 0 aliphatic heterocycles. The van der Waals surface area contributed by atoms with Crippen molar-refractivity contribution in [2.75, 3.05) is 6.61 Å². The number of ether oxygens (including phenoxy) is 1. The number of benzene rings is 1. The first-order chi connectivity index (χ1) is 13.5. The van der Waals surface area contributed by atoms with Crippen molar-refractivity contribution in [1.29, 1.82) is 0 Å². The topological polar surface area (TPSA) is 99.3 Å². The second-order valence-electron chi connectivity index (χ2n) is 7.20. The molecule has 0 radical (unpaired) electrons. The van der Waals surface area contributed by atoms with Crippen molar-refractivity contribution in [2.45, 2.75) is 38.0 Å². The molecule has 7 heteroatoms. The number of aliphatic hydroxyl groups is 1. The fourth-order valence-corrected chi connectivity index (χ4v) is 2.74. The lowest BCUT2D eigenvalue weighted by Crippen LogP contribution is -2.29. The fourth-order valence-electron chi connectivity index (χ4n) is 2.74. The predicted molar refractivity (Wildman–Crippen MR) is 103 cm³/mol. The minimum absolute atomic E-state index is 0.130. The maximum atomic E-state index is 9.72. The lowest BCUT2D eigenvalue weighted by atomic mass is 10.2. The smallest absolute Gasteiger partial charge is 0.210 e. The molecule has 0 saturated heterocycles. The molecule has 3 aromatic rings. The molecule has 0 spiro atoms. The lowest BCUT2D eigenvalue weighted by Gasteiger charge is -2.10. The van der Waals surface area contributed by atoms with E-state index in [-0.39, 0.29) is 5.54 Å². The zero-order chi connectivity index (χ0) is 19.6. The molecule has 1 aliphatic rings. The van der Waals surface area contributed by atoms with Crippen molar-refractivity contribution in [1.82, 2.24) is 14.7 Å². The van der Waals surface area contributed by atoms with Crippen molar-refractivity contribution >= 4 is 0 Å². The second kappa shape index (κ2) is 7.50. The first-order valence-electron chi connectivity index (χ1n) is 9.19. The van der Waals surface area contributed by atoms with Gasteiger partial charge in [0.05, 0.1) is 12.1 Å². The van der Waals surface area contributed by atoms with Gasteiger partial charge in [-0.1, -0.05) is 11.1 Å².